The van der Waals surface area contributed by atoms with Crippen molar-refractivity contribution in [2.45, 2.75) is 26.3 Å². The van der Waals surface area contributed by atoms with E-state index in [9.17, 15) is 4.79 Å². The van der Waals surface area contributed by atoms with Crippen molar-refractivity contribution >= 4 is 32.6 Å². The van der Waals surface area contributed by atoms with Gasteiger partial charge in [0.05, 0.1) is 12.5 Å². The number of hydrogen-bond acceptors (Lipinski definition) is 2. The van der Waals surface area contributed by atoms with Gasteiger partial charge in [0.1, 0.15) is 0 Å². The molecule has 0 aliphatic carbocycles. The Morgan fingerprint density at radius 3 is 2.57 bits per heavy atom. The van der Waals surface area contributed by atoms with Crippen LogP contribution in [0.5, 0.6) is 0 Å². The summed E-state index contributed by atoms with van der Waals surface area (Å²) in [4.78, 5) is 14.3. The lowest BCUT2D eigenvalue weighted by molar-refractivity contribution is 0.0710. The summed E-state index contributed by atoms with van der Waals surface area (Å²) in [6.45, 7) is 4.40. The molecule has 108 valence electrons. The molecule has 0 aromatic heterocycles. The molecular formula is C17H17BrN2O. The Morgan fingerprint density at radius 2 is 1.90 bits per heavy atom. The molecule has 2 aromatic rings. The van der Waals surface area contributed by atoms with Gasteiger partial charge in [0.2, 0.25) is 0 Å². The van der Waals surface area contributed by atoms with E-state index in [0.29, 0.717) is 18.5 Å². The minimum Gasteiger partial charge on any atom is -0.335 e. The van der Waals surface area contributed by atoms with Crippen molar-refractivity contribution in [1.29, 1.82) is 5.26 Å². The number of amides is 1. The fourth-order valence-corrected chi connectivity index (χ4v) is 2.66. The highest BCUT2D eigenvalue weighted by Gasteiger charge is 2.18. The molecule has 2 aromatic carbocycles. The standard InChI is InChI=1S/C17H17BrN2O/c1-12(2)20(9-3-8-19)17(21)15-5-4-14-11-16(18)7-6-13(14)10-15/h4-7,10-12H,3,9H2,1-2H3. The maximum absolute atomic E-state index is 12.6. The number of carbonyl (C=O) groups excluding carboxylic acids is 1. The van der Waals surface area contributed by atoms with Gasteiger partial charge in [0.25, 0.3) is 5.91 Å². The first kappa shape index (κ1) is 15.5. The first-order chi connectivity index (χ1) is 10.0. The van der Waals surface area contributed by atoms with Gasteiger partial charge in [-0.3, -0.25) is 4.79 Å². The smallest absolute Gasteiger partial charge is 0.254 e. The van der Waals surface area contributed by atoms with Gasteiger partial charge < -0.3 is 4.90 Å². The molecular weight excluding hydrogens is 328 g/mol. The molecule has 0 unspecified atom stereocenters. The Bertz CT molecular complexity index is 703. The Labute approximate surface area is 133 Å². The van der Waals surface area contributed by atoms with Crippen molar-refractivity contribution in [2.75, 3.05) is 6.54 Å². The summed E-state index contributed by atoms with van der Waals surface area (Å²) < 4.78 is 1.02. The van der Waals surface area contributed by atoms with Crippen LogP contribution in [0, 0.1) is 11.3 Å². The highest BCUT2D eigenvalue weighted by atomic mass is 79.9. The summed E-state index contributed by atoms with van der Waals surface area (Å²) >= 11 is 3.44. The number of benzene rings is 2. The topological polar surface area (TPSA) is 44.1 Å². The lowest BCUT2D eigenvalue weighted by atomic mass is 10.1. The molecule has 0 N–H and O–H groups in total. The molecule has 0 spiro atoms. The summed E-state index contributed by atoms with van der Waals surface area (Å²) in [6, 6.07) is 13.9. The normalized spacial score (nSPS) is 10.6. The van der Waals surface area contributed by atoms with E-state index in [4.69, 9.17) is 5.26 Å². The van der Waals surface area contributed by atoms with E-state index in [-0.39, 0.29) is 11.9 Å². The second-order valence-electron chi connectivity index (χ2n) is 5.21. The Balaban J connectivity index is 2.33. The molecule has 21 heavy (non-hydrogen) atoms. The van der Waals surface area contributed by atoms with E-state index >= 15 is 0 Å². The first-order valence-corrected chi connectivity index (χ1v) is 7.69. The van der Waals surface area contributed by atoms with Crippen molar-refractivity contribution in [2.24, 2.45) is 0 Å². The van der Waals surface area contributed by atoms with Gasteiger partial charge in [-0.2, -0.15) is 5.26 Å². The van der Waals surface area contributed by atoms with Crippen molar-refractivity contribution in [1.82, 2.24) is 4.90 Å². The van der Waals surface area contributed by atoms with Crippen LogP contribution < -0.4 is 0 Å². The van der Waals surface area contributed by atoms with Crippen LogP contribution in [-0.2, 0) is 0 Å². The van der Waals surface area contributed by atoms with Gasteiger partial charge in [-0.15, -0.1) is 0 Å². The summed E-state index contributed by atoms with van der Waals surface area (Å²) in [6.07, 6.45) is 0.352. The zero-order valence-electron chi connectivity index (χ0n) is 12.1. The Kier molecular flexibility index (Phi) is 4.98. The van der Waals surface area contributed by atoms with E-state index in [2.05, 4.69) is 22.0 Å². The predicted octanol–water partition coefficient (Wildman–Crippen LogP) is 4.37. The SMILES string of the molecule is CC(C)N(CCC#N)C(=O)c1ccc2cc(Br)ccc2c1. The minimum atomic E-state index is -0.0231. The summed E-state index contributed by atoms with van der Waals surface area (Å²) in [5.41, 5.74) is 0.663. The van der Waals surface area contributed by atoms with Gasteiger partial charge in [0, 0.05) is 22.6 Å². The number of nitriles is 1. The maximum atomic E-state index is 12.6. The van der Waals surface area contributed by atoms with Crippen LogP contribution >= 0.6 is 15.9 Å². The minimum absolute atomic E-state index is 0.0231. The monoisotopic (exact) mass is 344 g/mol. The van der Waals surface area contributed by atoms with Crippen LogP contribution in [0.3, 0.4) is 0 Å². The van der Waals surface area contributed by atoms with E-state index in [1.165, 1.54) is 0 Å². The van der Waals surface area contributed by atoms with Gasteiger partial charge in [-0.05, 0) is 48.9 Å². The van der Waals surface area contributed by atoms with Crippen LogP contribution in [0.15, 0.2) is 40.9 Å². The molecule has 0 fully saturated rings. The largest absolute Gasteiger partial charge is 0.335 e. The van der Waals surface area contributed by atoms with Gasteiger partial charge >= 0.3 is 0 Å². The van der Waals surface area contributed by atoms with Crippen LogP contribution in [0.4, 0.5) is 0 Å². The molecule has 2 rings (SSSR count). The predicted molar refractivity (Wildman–Crippen MR) is 88.1 cm³/mol. The van der Waals surface area contributed by atoms with E-state index in [1.807, 2.05) is 50.2 Å². The van der Waals surface area contributed by atoms with Crippen LogP contribution in [0.2, 0.25) is 0 Å². The molecule has 0 aliphatic rings. The Morgan fingerprint density at radius 1 is 1.24 bits per heavy atom. The molecule has 0 atom stereocenters. The number of nitrogens with zero attached hydrogens (tertiary/aromatic N) is 2. The zero-order chi connectivity index (χ0) is 15.4. The van der Waals surface area contributed by atoms with Crippen molar-refractivity contribution in [3.63, 3.8) is 0 Å². The van der Waals surface area contributed by atoms with Crippen LogP contribution in [-0.4, -0.2) is 23.4 Å². The number of halogens is 1. The van der Waals surface area contributed by atoms with Crippen LogP contribution in [0.25, 0.3) is 10.8 Å². The second kappa shape index (κ2) is 6.73. The number of carbonyl (C=O) groups is 1. The molecule has 3 nitrogen and oxygen atoms in total. The maximum Gasteiger partial charge on any atom is 0.254 e. The number of rotatable bonds is 4. The number of hydrogen-bond donors (Lipinski definition) is 0. The average Bonchev–Trinajstić information content (AvgIpc) is 2.46. The van der Waals surface area contributed by atoms with Crippen molar-refractivity contribution < 1.29 is 4.79 Å². The van der Waals surface area contributed by atoms with E-state index in [1.54, 1.807) is 4.90 Å². The zero-order valence-corrected chi connectivity index (χ0v) is 13.7. The third kappa shape index (κ3) is 3.62. The van der Waals surface area contributed by atoms with Crippen LogP contribution in [0.1, 0.15) is 30.6 Å². The lowest BCUT2D eigenvalue weighted by Crippen LogP contribution is -2.37. The van der Waals surface area contributed by atoms with Crippen molar-refractivity contribution in [3.8, 4) is 6.07 Å². The van der Waals surface area contributed by atoms with Gasteiger partial charge in [0.15, 0.2) is 0 Å². The summed E-state index contributed by atoms with van der Waals surface area (Å²) in [7, 11) is 0. The van der Waals surface area contributed by atoms with Gasteiger partial charge in [-0.25, -0.2) is 0 Å². The molecule has 0 bridgehead atoms. The Hall–Kier alpha value is -1.86. The fraction of sp³-hybridized carbons (Fsp3) is 0.294. The quantitative estimate of drug-likeness (QED) is 0.826. The molecule has 0 saturated carbocycles. The molecule has 1 amide bonds. The molecule has 0 radical (unpaired) electrons. The van der Waals surface area contributed by atoms with E-state index < -0.39 is 0 Å². The fourth-order valence-electron chi connectivity index (χ4n) is 2.28. The average molecular weight is 345 g/mol. The molecule has 0 heterocycles. The molecule has 0 saturated heterocycles. The van der Waals surface area contributed by atoms with Crippen molar-refractivity contribution in [3.05, 3.63) is 46.4 Å². The highest BCUT2D eigenvalue weighted by Crippen LogP contribution is 2.22. The highest BCUT2D eigenvalue weighted by molar-refractivity contribution is 9.10. The molecule has 0 aliphatic heterocycles. The van der Waals surface area contributed by atoms with E-state index in [0.717, 1.165) is 15.2 Å². The summed E-state index contributed by atoms with van der Waals surface area (Å²) in [5.74, 6) is -0.0231. The van der Waals surface area contributed by atoms with Gasteiger partial charge in [-0.1, -0.05) is 28.1 Å². The molecule has 4 heteroatoms. The summed E-state index contributed by atoms with van der Waals surface area (Å²) in [5, 5.41) is 10.9. The number of fused-ring (bicyclic) bond motifs is 1. The first-order valence-electron chi connectivity index (χ1n) is 6.90. The second-order valence-corrected chi connectivity index (χ2v) is 6.12. The third-order valence-electron chi connectivity index (χ3n) is 3.40. The third-order valence-corrected chi connectivity index (χ3v) is 3.89. The lowest BCUT2D eigenvalue weighted by Gasteiger charge is -2.26.